The van der Waals surface area contributed by atoms with Crippen molar-refractivity contribution in [3.63, 3.8) is 0 Å². The van der Waals surface area contributed by atoms with Crippen molar-refractivity contribution in [2.75, 3.05) is 0 Å². The Morgan fingerprint density at radius 3 is 2.00 bits per heavy atom. The smallest absolute Gasteiger partial charge is 0.191 e. The van der Waals surface area contributed by atoms with Gasteiger partial charge in [0.25, 0.3) is 0 Å². The summed E-state index contributed by atoms with van der Waals surface area (Å²) in [4.78, 5) is 0. The van der Waals surface area contributed by atoms with Crippen LogP contribution in [0.15, 0.2) is 0 Å². The van der Waals surface area contributed by atoms with Crippen LogP contribution < -0.4 is 0 Å². The SMILES string of the molecule is N#CCCC(Cl)(Cl)Cl. The summed E-state index contributed by atoms with van der Waals surface area (Å²) in [6, 6.07) is 1.87. The van der Waals surface area contributed by atoms with E-state index in [0.717, 1.165) is 0 Å². The van der Waals surface area contributed by atoms with Crippen molar-refractivity contribution in [3.8, 4) is 6.07 Å². The van der Waals surface area contributed by atoms with E-state index in [-0.39, 0.29) is 6.42 Å². The van der Waals surface area contributed by atoms with E-state index in [1.165, 1.54) is 0 Å². The Kier molecular flexibility index (Phi) is 3.55. The summed E-state index contributed by atoms with van der Waals surface area (Å²) in [6.45, 7) is 0. The van der Waals surface area contributed by atoms with E-state index in [9.17, 15) is 0 Å². The minimum Gasteiger partial charge on any atom is -0.198 e. The van der Waals surface area contributed by atoms with Crippen LogP contribution in [0, 0.1) is 11.3 Å². The van der Waals surface area contributed by atoms with Crippen LogP contribution in [0.1, 0.15) is 12.8 Å². The van der Waals surface area contributed by atoms with Gasteiger partial charge in [0.2, 0.25) is 0 Å². The molecule has 0 aromatic heterocycles. The van der Waals surface area contributed by atoms with Crippen molar-refractivity contribution in [3.05, 3.63) is 0 Å². The predicted molar refractivity (Wildman–Crippen MR) is 35.1 cm³/mol. The number of alkyl halides is 3. The molecule has 0 aliphatic carbocycles. The number of hydrogen-bond acceptors (Lipinski definition) is 1. The third kappa shape index (κ3) is 6.36. The minimum absolute atomic E-state index is 0.288. The number of hydrogen-bond donors (Lipinski definition) is 0. The zero-order chi connectivity index (χ0) is 6.62. The first-order valence-electron chi connectivity index (χ1n) is 2.00. The van der Waals surface area contributed by atoms with Crippen molar-refractivity contribution in [2.24, 2.45) is 0 Å². The van der Waals surface area contributed by atoms with Crippen LogP contribution in [-0.2, 0) is 0 Å². The lowest BCUT2D eigenvalue weighted by Gasteiger charge is -2.04. The predicted octanol–water partition coefficient (Wildman–Crippen LogP) is 2.66. The van der Waals surface area contributed by atoms with Crippen molar-refractivity contribution < 1.29 is 0 Å². The molecule has 0 atom stereocenters. The molecule has 0 aliphatic rings. The Balaban J connectivity index is 3.28. The molecule has 0 spiro atoms. The second kappa shape index (κ2) is 3.40. The van der Waals surface area contributed by atoms with Crippen molar-refractivity contribution >= 4 is 34.8 Å². The molecule has 0 saturated carbocycles. The lowest BCUT2D eigenvalue weighted by atomic mass is 10.4. The average Bonchev–Trinajstić information content (AvgIpc) is 1.59. The first kappa shape index (κ1) is 8.36. The highest BCUT2D eigenvalue weighted by atomic mass is 35.6. The molecule has 0 saturated heterocycles. The fourth-order valence-corrected chi connectivity index (χ4v) is 0.481. The lowest BCUT2D eigenvalue weighted by Crippen LogP contribution is -1.99. The minimum atomic E-state index is -1.25. The number of halogens is 3. The van der Waals surface area contributed by atoms with Gasteiger partial charge in [-0.15, -0.1) is 0 Å². The average molecular weight is 172 g/mol. The van der Waals surface area contributed by atoms with Crippen LogP contribution in [-0.4, -0.2) is 3.79 Å². The van der Waals surface area contributed by atoms with E-state index < -0.39 is 3.79 Å². The molecule has 1 nitrogen and oxygen atoms in total. The standard InChI is InChI=1S/C4H4Cl3N/c5-4(6,7)2-1-3-8/h1-2H2. The number of rotatable bonds is 1. The molecule has 4 heteroatoms. The molecule has 0 aromatic carbocycles. The molecule has 0 aromatic rings. The van der Waals surface area contributed by atoms with Crippen molar-refractivity contribution in [1.82, 2.24) is 0 Å². The molecule has 8 heavy (non-hydrogen) atoms. The summed E-state index contributed by atoms with van der Waals surface area (Å²) < 4.78 is -1.25. The van der Waals surface area contributed by atoms with Crippen LogP contribution in [0.3, 0.4) is 0 Å². The topological polar surface area (TPSA) is 23.8 Å². The van der Waals surface area contributed by atoms with Gasteiger partial charge in [0, 0.05) is 12.8 Å². The van der Waals surface area contributed by atoms with Crippen molar-refractivity contribution in [2.45, 2.75) is 16.6 Å². The van der Waals surface area contributed by atoms with Gasteiger partial charge >= 0.3 is 0 Å². The lowest BCUT2D eigenvalue weighted by molar-refractivity contribution is 0.887. The molecular weight excluding hydrogens is 168 g/mol. The summed E-state index contributed by atoms with van der Waals surface area (Å²) in [5.74, 6) is 0. The van der Waals surface area contributed by atoms with Gasteiger partial charge in [-0.2, -0.15) is 5.26 Å². The number of nitrogens with zero attached hydrogens (tertiary/aromatic N) is 1. The molecular formula is C4H4Cl3N. The van der Waals surface area contributed by atoms with Gasteiger partial charge in [-0.1, -0.05) is 34.8 Å². The highest BCUT2D eigenvalue weighted by molar-refractivity contribution is 6.67. The second-order valence-electron chi connectivity index (χ2n) is 1.27. The molecule has 0 bridgehead atoms. The summed E-state index contributed by atoms with van der Waals surface area (Å²) in [5, 5.41) is 8.00. The molecule has 0 unspecified atom stereocenters. The van der Waals surface area contributed by atoms with E-state index in [2.05, 4.69) is 0 Å². The largest absolute Gasteiger partial charge is 0.198 e. The summed E-state index contributed by atoms with van der Waals surface area (Å²) in [6.07, 6.45) is 0.588. The van der Waals surface area contributed by atoms with Gasteiger partial charge < -0.3 is 0 Å². The van der Waals surface area contributed by atoms with Crippen LogP contribution in [0.2, 0.25) is 0 Å². The van der Waals surface area contributed by atoms with Gasteiger partial charge in [-0.3, -0.25) is 0 Å². The molecule has 0 aliphatic heterocycles. The van der Waals surface area contributed by atoms with Crippen LogP contribution in [0.5, 0.6) is 0 Å². The normalized spacial score (nSPS) is 10.8. The molecule has 0 fully saturated rings. The van der Waals surface area contributed by atoms with Gasteiger partial charge in [-0.25, -0.2) is 0 Å². The Morgan fingerprint density at radius 1 is 1.38 bits per heavy atom. The third-order valence-corrected chi connectivity index (χ3v) is 1.09. The zero-order valence-electron chi connectivity index (χ0n) is 4.00. The summed E-state index contributed by atoms with van der Waals surface area (Å²) in [5.41, 5.74) is 0. The highest BCUT2D eigenvalue weighted by Crippen LogP contribution is 2.30. The highest BCUT2D eigenvalue weighted by Gasteiger charge is 2.17. The maximum atomic E-state index is 8.00. The molecule has 0 rings (SSSR count). The van der Waals surface area contributed by atoms with Gasteiger partial charge in [0.15, 0.2) is 3.79 Å². The van der Waals surface area contributed by atoms with Gasteiger partial charge in [0.1, 0.15) is 0 Å². The van der Waals surface area contributed by atoms with Crippen LogP contribution in [0.25, 0.3) is 0 Å². The van der Waals surface area contributed by atoms with Crippen LogP contribution >= 0.6 is 34.8 Å². The Hall–Kier alpha value is 0.360. The molecule has 46 valence electrons. The second-order valence-corrected chi connectivity index (χ2v) is 3.79. The quantitative estimate of drug-likeness (QED) is 0.558. The first-order valence-corrected chi connectivity index (χ1v) is 3.13. The summed E-state index contributed by atoms with van der Waals surface area (Å²) in [7, 11) is 0. The number of nitriles is 1. The fourth-order valence-electron chi connectivity index (χ4n) is 0.198. The molecule has 0 N–H and O–H groups in total. The van der Waals surface area contributed by atoms with Crippen molar-refractivity contribution in [1.29, 1.82) is 5.26 Å². The maximum Gasteiger partial charge on any atom is 0.191 e. The maximum absolute atomic E-state index is 8.00. The van der Waals surface area contributed by atoms with Gasteiger partial charge in [-0.05, 0) is 0 Å². The Labute approximate surface area is 63.1 Å². The monoisotopic (exact) mass is 171 g/mol. The van der Waals surface area contributed by atoms with Gasteiger partial charge in [0.05, 0.1) is 6.07 Å². The van der Waals surface area contributed by atoms with E-state index in [0.29, 0.717) is 6.42 Å². The Morgan fingerprint density at radius 2 is 1.88 bits per heavy atom. The molecule has 0 heterocycles. The Bertz CT molecular complexity index is 98.8. The third-order valence-electron chi connectivity index (χ3n) is 0.520. The molecule has 0 amide bonds. The van der Waals surface area contributed by atoms with E-state index >= 15 is 0 Å². The van der Waals surface area contributed by atoms with E-state index in [1.54, 1.807) is 0 Å². The van der Waals surface area contributed by atoms with E-state index in [4.69, 9.17) is 40.1 Å². The molecule has 0 radical (unpaired) electrons. The fraction of sp³-hybridized carbons (Fsp3) is 0.750. The van der Waals surface area contributed by atoms with Crippen LogP contribution in [0.4, 0.5) is 0 Å². The summed E-state index contributed by atoms with van der Waals surface area (Å²) >= 11 is 15.9. The first-order chi connectivity index (χ1) is 3.56. The van der Waals surface area contributed by atoms with E-state index in [1.807, 2.05) is 6.07 Å². The zero-order valence-corrected chi connectivity index (χ0v) is 6.26.